The fraction of sp³-hybridized carbons (Fsp3) is 0.857. The van der Waals surface area contributed by atoms with Crippen LogP contribution in [0.3, 0.4) is 0 Å². The smallest absolute Gasteiger partial charge is 0.304 e. The van der Waals surface area contributed by atoms with Crippen LogP contribution in [0.15, 0.2) is 0 Å². The van der Waals surface area contributed by atoms with Crippen LogP contribution >= 0.6 is 0 Å². The van der Waals surface area contributed by atoms with Crippen LogP contribution in [0.25, 0.3) is 0 Å². The monoisotopic (exact) mass is 179 g/mol. The highest BCUT2D eigenvalue weighted by Crippen LogP contribution is 2.44. The number of carboxylic acids is 1. The summed E-state index contributed by atoms with van der Waals surface area (Å²) in [7, 11) is 0. The number of carbonyl (C=O) groups is 1. The van der Waals surface area contributed by atoms with Gasteiger partial charge in [-0.2, -0.15) is 0 Å². The van der Waals surface area contributed by atoms with Gasteiger partial charge in [0.05, 0.1) is 6.42 Å². The average molecular weight is 179 g/mol. The molecule has 70 valence electrons. The van der Waals surface area contributed by atoms with Gasteiger partial charge in [-0.25, -0.2) is 8.78 Å². The van der Waals surface area contributed by atoms with Crippen LogP contribution in [-0.2, 0) is 4.79 Å². The van der Waals surface area contributed by atoms with Gasteiger partial charge in [-0.3, -0.25) is 4.79 Å². The number of hydrogen-bond donors (Lipinski definition) is 2. The van der Waals surface area contributed by atoms with Crippen molar-refractivity contribution in [3.8, 4) is 0 Å². The molecular weight excluding hydrogens is 168 g/mol. The van der Waals surface area contributed by atoms with Crippen LogP contribution < -0.4 is 5.73 Å². The van der Waals surface area contributed by atoms with E-state index in [0.717, 1.165) is 0 Å². The Balaban J connectivity index is 2.28. The molecule has 1 fully saturated rings. The summed E-state index contributed by atoms with van der Waals surface area (Å²) in [4.78, 5) is 10.1. The quantitative estimate of drug-likeness (QED) is 0.674. The van der Waals surface area contributed by atoms with Crippen LogP contribution in [-0.4, -0.2) is 23.0 Å². The Labute approximate surface area is 68.5 Å². The second-order valence-electron chi connectivity index (χ2n) is 3.29. The molecule has 3 nitrogen and oxygen atoms in total. The first-order valence-electron chi connectivity index (χ1n) is 3.76. The molecule has 0 aliphatic heterocycles. The minimum absolute atomic E-state index is 0.221. The Bertz CT molecular complexity index is 188. The summed E-state index contributed by atoms with van der Waals surface area (Å²) in [5.41, 5.74) is 5.39. The minimum atomic E-state index is -2.61. The van der Waals surface area contributed by atoms with Gasteiger partial charge in [-0.15, -0.1) is 0 Å². The van der Waals surface area contributed by atoms with E-state index in [0.29, 0.717) is 0 Å². The first-order chi connectivity index (χ1) is 5.41. The summed E-state index contributed by atoms with van der Waals surface area (Å²) in [6.07, 6.45) is -0.746. The molecule has 0 radical (unpaired) electrons. The van der Waals surface area contributed by atoms with Gasteiger partial charge in [0.2, 0.25) is 5.92 Å². The first kappa shape index (κ1) is 9.38. The fourth-order valence-electron chi connectivity index (χ4n) is 1.38. The molecule has 1 saturated carbocycles. The molecule has 1 aliphatic carbocycles. The molecule has 0 aromatic heterocycles. The number of carboxylic acid groups (broad SMARTS) is 1. The molecule has 1 rings (SSSR count). The first-order valence-corrected chi connectivity index (χ1v) is 3.76. The predicted octanol–water partition coefficient (Wildman–Crippen LogP) is 0.834. The van der Waals surface area contributed by atoms with E-state index in [4.69, 9.17) is 10.8 Å². The zero-order chi connectivity index (χ0) is 9.35. The van der Waals surface area contributed by atoms with Gasteiger partial charge in [-0.05, 0) is 5.92 Å². The molecule has 1 unspecified atom stereocenters. The van der Waals surface area contributed by atoms with E-state index in [1.807, 2.05) is 0 Å². The van der Waals surface area contributed by atoms with Gasteiger partial charge in [-0.1, -0.05) is 0 Å². The molecule has 0 saturated heterocycles. The predicted molar refractivity (Wildman–Crippen MR) is 37.9 cm³/mol. The van der Waals surface area contributed by atoms with Crippen molar-refractivity contribution in [2.45, 2.75) is 31.2 Å². The Morgan fingerprint density at radius 1 is 1.67 bits per heavy atom. The second kappa shape index (κ2) is 2.97. The van der Waals surface area contributed by atoms with Crippen molar-refractivity contribution in [3.05, 3.63) is 0 Å². The Kier molecular flexibility index (Phi) is 2.32. The Hall–Kier alpha value is -0.710. The van der Waals surface area contributed by atoms with Crippen molar-refractivity contribution in [2.24, 2.45) is 11.7 Å². The van der Waals surface area contributed by atoms with Crippen LogP contribution in [0.1, 0.15) is 19.3 Å². The van der Waals surface area contributed by atoms with Crippen molar-refractivity contribution < 1.29 is 18.7 Å². The zero-order valence-electron chi connectivity index (χ0n) is 6.46. The molecule has 12 heavy (non-hydrogen) atoms. The van der Waals surface area contributed by atoms with E-state index in [1.54, 1.807) is 0 Å². The third-order valence-electron chi connectivity index (χ3n) is 2.14. The van der Waals surface area contributed by atoms with Crippen molar-refractivity contribution in [1.82, 2.24) is 0 Å². The lowest BCUT2D eigenvalue weighted by atomic mass is 9.76. The Morgan fingerprint density at radius 2 is 2.17 bits per heavy atom. The number of nitrogens with two attached hydrogens (primary N) is 1. The fourth-order valence-corrected chi connectivity index (χ4v) is 1.38. The maximum atomic E-state index is 12.3. The summed E-state index contributed by atoms with van der Waals surface area (Å²) in [6, 6.07) is -0.623. The summed E-state index contributed by atoms with van der Waals surface area (Å²) in [5, 5.41) is 8.31. The van der Waals surface area contributed by atoms with Crippen LogP contribution in [0.2, 0.25) is 0 Å². The van der Waals surface area contributed by atoms with E-state index in [2.05, 4.69) is 0 Å². The lowest BCUT2D eigenvalue weighted by Crippen LogP contribution is -2.46. The maximum Gasteiger partial charge on any atom is 0.304 e. The lowest BCUT2D eigenvalue weighted by Gasteiger charge is -2.38. The molecule has 0 heterocycles. The number of alkyl halides is 2. The minimum Gasteiger partial charge on any atom is -0.481 e. The molecule has 0 aromatic rings. The van der Waals surface area contributed by atoms with Gasteiger partial charge in [0.25, 0.3) is 0 Å². The Morgan fingerprint density at radius 3 is 2.50 bits per heavy atom. The zero-order valence-corrected chi connectivity index (χ0v) is 6.46. The molecule has 0 amide bonds. The summed E-state index contributed by atoms with van der Waals surface area (Å²) < 4.78 is 24.6. The normalized spacial score (nSPS) is 24.6. The van der Waals surface area contributed by atoms with Crippen LogP contribution in [0, 0.1) is 5.92 Å². The highest BCUT2D eigenvalue weighted by Gasteiger charge is 2.47. The van der Waals surface area contributed by atoms with Crippen molar-refractivity contribution in [2.75, 3.05) is 0 Å². The molecule has 1 atom stereocenters. The van der Waals surface area contributed by atoms with Gasteiger partial charge in [0.1, 0.15) is 0 Å². The molecular formula is C7H11F2NO2. The average Bonchev–Trinajstić information content (AvgIpc) is 1.80. The van der Waals surface area contributed by atoms with Gasteiger partial charge in [0, 0.05) is 18.9 Å². The highest BCUT2D eigenvalue weighted by molar-refractivity contribution is 5.67. The van der Waals surface area contributed by atoms with E-state index >= 15 is 0 Å². The second-order valence-corrected chi connectivity index (χ2v) is 3.29. The molecule has 0 bridgehead atoms. The molecule has 0 spiro atoms. The highest BCUT2D eigenvalue weighted by atomic mass is 19.3. The number of halogens is 2. The van der Waals surface area contributed by atoms with Crippen molar-refractivity contribution in [1.29, 1.82) is 0 Å². The van der Waals surface area contributed by atoms with Crippen LogP contribution in [0.5, 0.6) is 0 Å². The van der Waals surface area contributed by atoms with Crippen molar-refractivity contribution in [3.63, 3.8) is 0 Å². The SMILES string of the molecule is NC(CC(=O)O)C1CC(F)(F)C1. The topological polar surface area (TPSA) is 63.3 Å². The largest absolute Gasteiger partial charge is 0.481 e. The van der Waals surface area contributed by atoms with E-state index in [9.17, 15) is 13.6 Å². The van der Waals surface area contributed by atoms with Crippen LogP contribution in [0.4, 0.5) is 8.78 Å². The van der Waals surface area contributed by atoms with Gasteiger partial charge < -0.3 is 10.8 Å². The molecule has 5 heteroatoms. The van der Waals surface area contributed by atoms with Gasteiger partial charge >= 0.3 is 5.97 Å². The standard InChI is InChI=1S/C7H11F2NO2/c8-7(9)2-4(3-7)5(10)1-6(11)12/h4-5H,1-3,10H2,(H,11,12). The van der Waals surface area contributed by atoms with Crippen molar-refractivity contribution >= 4 is 5.97 Å². The number of rotatable bonds is 3. The number of hydrogen-bond acceptors (Lipinski definition) is 2. The number of aliphatic carboxylic acids is 1. The molecule has 3 N–H and O–H groups in total. The van der Waals surface area contributed by atoms with E-state index in [-0.39, 0.29) is 25.2 Å². The lowest BCUT2D eigenvalue weighted by molar-refractivity contribution is -0.142. The summed E-state index contributed by atoms with van der Waals surface area (Å²) in [6.45, 7) is 0. The third kappa shape index (κ3) is 2.14. The van der Waals surface area contributed by atoms with E-state index < -0.39 is 17.9 Å². The summed E-state index contributed by atoms with van der Waals surface area (Å²) in [5.74, 6) is -3.96. The third-order valence-corrected chi connectivity index (χ3v) is 2.14. The molecule has 0 aromatic carbocycles. The van der Waals surface area contributed by atoms with E-state index in [1.165, 1.54) is 0 Å². The maximum absolute atomic E-state index is 12.3. The molecule has 1 aliphatic rings. The van der Waals surface area contributed by atoms with Gasteiger partial charge in [0.15, 0.2) is 0 Å². The summed E-state index contributed by atoms with van der Waals surface area (Å²) >= 11 is 0.